The third-order valence-corrected chi connectivity index (χ3v) is 3.81. The second-order valence-corrected chi connectivity index (χ2v) is 5.88. The van der Waals surface area contributed by atoms with Crippen molar-refractivity contribution in [2.45, 2.75) is 32.8 Å². The van der Waals surface area contributed by atoms with Crippen molar-refractivity contribution in [3.63, 3.8) is 0 Å². The van der Waals surface area contributed by atoms with Crippen LogP contribution >= 0.6 is 11.3 Å². The van der Waals surface area contributed by atoms with Gasteiger partial charge in [0.05, 0.1) is 16.9 Å². The molecule has 24 heavy (non-hydrogen) atoms. The fourth-order valence-electron chi connectivity index (χ4n) is 1.95. The Morgan fingerprint density at radius 1 is 1.21 bits per heavy atom. The fourth-order valence-corrected chi connectivity index (χ4v) is 2.49. The first kappa shape index (κ1) is 17.9. The third kappa shape index (κ3) is 6.00. The topological polar surface area (TPSA) is 80.3 Å². The Balaban J connectivity index is 1.85. The van der Waals surface area contributed by atoms with E-state index < -0.39 is 0 Å². The van der Waals surface area contributed by atoms with Gasteiger partial charge in [-0.3, -0.25) is 9.59 Å². The molecule has 1 heterocycles. The van der Waals surface area contributed by atoms with E-state index in [0.717, 1.165) is 12.1 Å². The van der Waals surface area contributed by atoms with Crippen LogP contribution in [0.2, 0.25) is 0 Å². The number of thiazole rings is 1. The van der Waals surface area contributed by atoms with Crippen LogP contribution < -0.4 is 15.4 Å². The summed E-state index contributed by atoms with van der Waals surface area (Å²) in [4.78, 5) is 27.7. The zero-order valence-electron chi connectivity index (χ0n) is 13.6. The maximum atomic E-state index is 12.0. The number of anilines is 1. The first-order chi connectivity index (χ1) is 11.7. The summed E-state index contributed by atoms with van der Waals surface area (Å²) in [7, 11) is 0. The van der Waals surface area contributed by atoms with Crippen LogP contribution in [0.25, 0.3) is 0 Å². The third-order valence-electron chi connectivity index (χ3n) is 3.17. The van der Waals surface area contributed by atoms with Gasteiger partial charge in [0.1, 0.15) is 12.4 Å². The predicted octanol–water partition coefficient (Wildman–Crippen LogP) is 2.97. The summed E-state index contributed by atoms with van der Waals surface area (Å²) < 4.78 is 5.71. The summed E-state index contributed by atoms with van der Waals surface area (Å²) in [6, 6.07) is 7.21. The number of benzene rings is 1. The summed E-state index contributed by atoms with van der Waals surface area (Å²) in [6.45, 7) is 2.96. The molecule has 0 bridgehead atoms. The molecule has 0 aliphatic heterocycles. The zero-order chi connectivity index (χ0) is 17.2. The number of rotatable bonds is 9. The van der Waals surface area contributed by atoms with Crippen LogP contribution in [0, 0.1) is 0 Å². The molecule has 1 aromatic heterocycles. The average Bonchev–Trinajstić information content (AvgIpc) is 3.11. The van der Waals surface area contributed by atoms with Crippen LogP contribution in [0.15, 0.2) is 35.2 Å². The van der Waals surface area contributed by atoms with Gasteiger partial charge in [-0.1, -0.05) is 19.1 Å². The molecule has 2 amide bonds. The number of amides is 2. The maximum absolute atomic E-state index is 12.0. The Morgan fingerprint density at radius 2 is 2.00 bits per heavy atom. The Labute approximate surface area is 145 Å². The molecule has 2 N–H and O–H groups in total. The molecule has 7 heteroatoms. The molecule has 128 valence electrons. The van der Waals surface area contributed by atoms with Crippen molar-refractivity contribution >= 4 is 28.8 Å². The average molecular weight is 347 g/mol. The van der Waals surface area contributed by atoms with E-state index in [2.05, 4.69) is 15.6 Å². The van der Waals surface area contributed by atoms with Crippen LogP contribution in [0.1, 0.15) is 31.9 Å². The largest absolute Gasteiger partial charge is 0.485 e. The van der Waals surface area contributed by atoms with Crippen LogP contribution in [-0.4, -0.2) is 23.3 Å². The van der Waals surface area contributed by atoms with E-state index in [-0.39, 0.29) is 24.7 Å². The molecule has 0 fully saturated rings. The predicted molar refractivity (Wildman–Crippen MR) is 94.1 cm³/mol. The number of hydrogen-bond acceptors (Lipinski definition) is 5. The lowest BCUT2D eigenvalue weighted by atomic mass is 10.2. The van der Waals surface area contributed by atoms with E-state index >= 15 is 0 Å². The quantitative estimate of drug-likeness (QED) is 0.731. The number of nitrogens with zero attached hydrogens (tertiary/aromatic N) is 1. The summed E-state index contributed by atoms with van der Waals surface area (Å²) in [6.07, 6.45) is 1.19. The van der Waals surface area contributed by atoms with Crippen LogP contribution in [0.5, 0.6) is 5.75 Å². The molecule has 0 spiro atoms. The number of nitrogens with one attached hydrogen (secondary N) is 2. The van der Waals surface area contributed by atoms with Gasteiger partial charge in [0.25, 0.3) is 0 Å². The molecule has 0 radical (unpaired) electrons. The smallest absolute Gasteiger partial charge is 0.224 e. The van der Waals surface area contributed by atoms with E-state index in [9.17, 15) is 9.59 Å². The van der Waals surface area contributed by atoms with Crippen molar-refractivity contribution in [3.05, 3.63) is 40.8 Å². The molecule has 0 saturated heterocycles. The van der Waals surface area contributed by atoms with Gasteiger partial charge in [0.15, 0.2) is 0 Å². The first-order valence-corrected chi connectivity index (χ1v) is 8.78. The van der Waals surface area contributed by atoms with Crippen molar-refractivity contribution in [1.29, 1.82) is 0 Å². The molecular weight excluding hydrogens is 326 g/mol. The number of para-hydroxylation sites is 2. The van der Waals surface area contributed by atoms with E-state index in [4.69, 9.17) is 4.74 Å². The van der Waals surface area contributed by atoms with Crippen LogP contribution in [0.3, 0.4) is 0 Å². The molecule has 6 nitrogen and oxygen atoms in total. The maximum Gasteiger partial charge on any atom is 0.224 e. The van der Waals surface area contributed by atoms with E-state index in [1.807, 2.05) is 24.4 Å². The van der Waals surface area contributed by atoms with Crippen LogP contribution in [0.4, 0.5) is 5.69 Å². The Hall–Kier alpha value is -2.41. The normalized spacial score (nSPS) is 10.2. The summed E-state index contributed by atoms with van der Waals surface area (Å²) >= 11 is 1.51. The van der Waals surface area contributed by atoms with E-state index in [1.54, 1.807) is 17.6 Å². The highest BCUT2D eigenvalue weighted by molar-refractivity contribution is 7.07. The monoisotopic (exact) mass is 347 g/mol. The number of aromatic nitrogens is 1. The lowest BCUT2D eigenvalue weighted by Crippen LogP contribution is -2.25. The molecule has 2 rings (SSSR count). The van der Waals surface area contributed by atoms with Crippen LogP contribution in [-0.2, 0) is 16.2 Å². The number of ether oxygens (including phenoxy) is 1. The van der Waals surface area contributed by atoms with Gasteiger partial charge in [-0.15, -0.1) is 11.3 Å². The molecular formula is C17H21N3O3S. The van der Waals surface area contributed by atoms with E-state index in [1.165, 1.54) is 11.3 Å². The lowest BCUT2D eigenvalue weighted by Gasteiger charge is -2.11. The van der Waals surface area contributed by atoms with Gasteiger partial charge < -0.3 is 15.4 Å². The summed E-state index contributed by atoms with van der Waals surface area (Å²) in [5, 5.41) is 7.45. The minimum Gasteiger partial charge on any atom is -0.485 e. The molecule has 0 aliphatic rings. The molecule has 2 aromatic rings. The Morgan fingerprint density at radius 3 is 2.75 bits per heavy atom. The van der Waals surface area contributed by atoms with Gasteiger partial charge in [-0.2, -0.15) is 0 Å². The summed E-state index contributed by atoms with van der Waals surface area (Å²) in [5.41, 5.74) is 3.18. The van der Waals surface area contributed by atoms with Crippen molar-refractivity contribution < 1.29 is 14.3 Å². The van der Waals surface area contributed by atoms with Crippen molar-refractivity contribution in [1.82, 2.24) is 10.3 Å². The SMILES string of the molecule is CCCNC(=O)CCC(=O)Nc1ccccc1OCc1cscn1. The second-order valence-electron chi connectivity index (χ2n) is 5.16. The van der Waals surface area contributed by atoms with Crippen molar-refractivity contribution in [2.75, 3.05) is 11.9 Å². The van der Waals surface area contributed by atoms with Crippen molar-refractivity contribution in [2.24, 2.45) is 0 Å². The standard InChI is InChI=1S/C17H21N3O3S/c1-2-9-18-16(21)7-8-17(22)20-14-5-3-4-6-15(14)23-10-13-11-24-12-19-13/h3-6,11-12H,2,7-10H2,1H3,(H,18,21)(H,20,22). The highest BCUT2D eigenvalue weighted by Crippen LogP contribution is 2.25. The highest BCUT2D eigenvalue weighted by atomic mass is 32.1. The zero-order valence-corrected chi connectivity index (χ0v) is 14.4. The number of carbonyl (C=O) groups excluding carboxylic acids is 2. The van der Waals surface area contributed by atoms with Gasteiger partial charge in [-0.25, -0.2) is 4.98 Å². The van der Waals surface area contributed by atoms with Gasteiger partial charge >= 0.3 is 0 Å². The van der Waals surface area contributed by atoms with Gasteiger partial charge in [0, 0.05) is 24.8 Å². The van der Waals surface area contributed by atoms with Gasteiger partial charge in [-0.05, 0) is 18.6 Å². The molecule has 0 aliphatic carbocycles. The Kier molecular flexibility index (Phi) is 7.22. The lowest BCUT2D eigenvalue weighted by molar-refractivity contribution is -0.124. The fraction of sp³-hybridized carbons (Fsp3) is 0.353. The van der Waals surface area contributed by atoms with Gasteiger partial charge in [0.2, 0.25) is 11.8 Å². The minimum atomic E-state index is -0.216. The molecule has 0 unspecified atom stereocenters. The number of hydrogen-bond donors (Lipinski definition) is 2. The van der Waals surface area contributed by atoms with E-state index in [0.29, 0.717) is 24.6 Å². The van der Waals surface area contributed by atoms with Crippen molar-refractivity contribution in [3.8, 4) is 5.75 Å². The Bertz CT molecular complexity index is 659. The molecule has 1 aromatic carbocycles. The minimum absolute atomic E-state index is 0.111. The highest BCUT2D eigenvalue weighted by Gasteiger charge is 2.10. The number of carbonyl (C=O) groups is 2. The molecule has 0 atom stereocenters. The second kappa shape index (κ2) is 9.67. The first-order valence-electron chi connectivity index (χ1n) is 7.84. The summed E-state index contributed by atoms with van der Waals surface area (Å²) in [5.74, 6) is 0.251. The molecule has 0 saturated carbocycles.